The van der Waals surface area contributed by atoms with E-state index in [9.17, 15) is 15.0 Å². The quantitative estimate of drug-likeness (QED) is 0.712. The summed E-state index contributed by atoms with van der Waals surface area (Å²) < 4.78 is 1.08. The molecule has 6 nitrogen and oxygen atoms in total. The van der Waals surface area contributed by atoms with Crippen molar-refractivity contribution >= 4 is 29.2 Å². The maximum absolute atomic E-state index is 12.1. The van der Waals surface area contributed by atoms with E-state index in [1.807, 2.05) is 0 Å². The van der Waals surface area contributed by atoms with Gasteiger partial charge in [-0.25, -0.2) is 14.5 Å². The Bertz CT molecular complexity index is 887. The van der Waals surface area contributed by atoms with Gasteiger partial charge >= 0.3 is 5.97 Å². The second-order valence-corrected chi connectivity index (χ2v) is 6.22. The van der Waals surface area contributed by atoms with Crippen LogP contribution in [0.2, 0.25) is 10.0 Å². The number of aliphatic carboxylic acids is 1. The Morgan fingerprint density at radius 3 is 2.44 bits per heavy atom. The predicted molar refractivity (Wildman–Crippen MR) is 92.6 cm³/mol. The monoisotopic (exact) mass is 377 g/mol. The van der Waals surface area contributed by atoms with Gasteiger partial charge in [0.25, 0.3) is 0 Å². The van der Waals surface area contributed by atoms with E-state index in [2.05, 4.69) is 10.1 Å². The third-order valence-electron chi connectivity index (χ3n) is 3.89. The molecule has 128 valence electrons. The third-order valence-corrected chi connectivity index (χ3v) is 4.43. The highest BCUT2D eigenvalue weighted by molar-refractivity contribution is 6.35. The number of hydrogen-bond donors (Lipinski definition) is 2. The molecule has 1 aromatic heterocycles. The molecule has 8 heteroatoms. The average molecular weight is 378 g/mol. The lowest BCUT2D eigenvalue weighted by Gasteiger charge is -2.35. The first-order valence-corrected chi connectivity index (χ1v) is 8.00. The second-order valence-electron chi connectivity index (χ2n) is 5.37. The van der Waals surface area contributed by atoms with Crippen molar-refractivity contribution in [3.8, 4) is 0 Å². The van der Waals surface area contributed by atoms with E-state index in [0.717, 1.165) is 4.68 Å². The Kier molecular flexibility index (Phi) is 4.76. The van der Waals surface area contributed by atoms with Crippen LogP contribution >= 0.6 is 23.2 Å². The zero-order chi connectivity index (χ0) is 18.0. The normalized spacial score (nSPS) is 14.7. The predicted octanol–water partition coefficient (Wildman–Crippen LogP) is 3.15. The summed E-state index contributed by atoms with van der Waals surface area (Å²) in [6.45, 7) is 0. The van der Waals surface area contributed by atoms with Gasteiger partial charge < -0.3 is 10.2 Å². The largest absolute Gasteiger partial charge is 0.480 e. The van der Waals surface area contributed by atoms with Gasteiger partial charge in [-0.2, -0.15) is 5.10 Å². The number of benzene rings is 2. The lowest BCUT2D eigenvalue weighted by atomic mass is 9.80. The number of carbonyl (C=O) groups is 1. The number of aromatic nitrogens is 3. The standard InChI is InChI=1S/C17H13Cl2N3O3/c18-12-6-7-13(14(19)8-12)17(25,11-4-2-1-3-5-11)15(16(23)24)22-10-20-9-21-22/h1-10,15,25H,(H,23,24). The third kappa shape index (κ3) is 3.11. The Morgan fingerprint density at radius 1 is 1.16 bits per heavy atom. The fourth-order valence-corrected chi connectivity index (χ4v) is 3.34. The van der Waals surface area contributed by atoms with E-state index in [1.54, 1.807) is 30.3 Å². The minimum Gasteiger partial charge on any atom is -0.480 e. The van der Waals surface area contributed by atoms with Crippen LogP contribution in [-0.4, -0.2) is 30.9 Å². The van der Waals surface area contributed by atoms with Gasteiger partial charge in [0.1, 0.15) is 18.3 Å². The zero-order valence-electron chi connectivity index (χ0n) is 12.8. The van der Waals surface area contributed by atoms with E-state index < -0.39 is 17.6 Å². The molecule has 0 radical (unpaired) electrons. The van der Waals surface area contributed by atoms with Crippen molar-refractivity contribution in [2.45, 2.75) is 11.6 Å². The number of halogens is 2. The highest BCUT2D eigenvalue weighted by Crippen LogP contribution is 2.43. The molecule has 0 spiro atoms. The summed E-state index contributed by atoms with van der Waals surface area (Å²) in [7, 11) is 0. The number of hydrogen-bond acceptors (Lipinski definition) is 4. The molecule has 0 amide bonds. The number of carboxylic acids is 1. The van der Waals surface area contributed by atoms with Crippen LogP contribution in [0.25, 0.3) is 0 Å². The first kappa shape index (κ1) is 17.4. The number of aliphatic hydroxyl groups is 1. The molecule has 0 saturated carbocycles. The zero-order valence-corrected chi connectivity index (χ0v) is 14.3. The minimum atomic E-state index is -2.00. The van der Waals surface area contributed by atoms with E-state index in [0.29, 0.717) is 10.6 Å². The van der Waals surface area contributed by atoms with Crippen LogP contribution in [0.3, 0.4) is 0 Å². The summed E-state index contributed by atoms with van der Waals surface area (Å²) in [5.41, 5.74) is -1.45. The van der Waals surface area contributed by atoms with Gasteiger partial charge in [0.15, 0.2) is 6.04 Å². The Labute approximate surface area is 153 Å². The molecule has 0 aliphatic heterocycles. The first-order chi connectivity index (χ1) is 11.9. The molecular weight excluding hydrogens is 365 g/mol. The molecule has 25 heavy (non-hydrogen) atoms. The molecule has 2 aromatic carbocycles. The van der Waals surface area contributed by atoms with Crippen LogP contribution in [0.15, 0.2) is 61.2 Å². The Balaban J connectivity index is 2.31. The second kappa shape index (κ2) is 6.84. The van der Waals surface area contributed by atoms with Crippen LogP contribution < -0.4 is 0 Å². The molecule has 0 fully saturated rings. The van der Waals surface area contributed by atoms with Gasteiger partial charge in [-0.15, -0.1) is 0 Å². The molecule has 1 heterocycles. The smallest absolute Gasteiger partial charge is 0.332 e. The van der Waals surface area contributed by atoms with E-state index in [4.69, 9.17) is 23.2 Å². The first-order valence-electron chi connectivity index (χ1n) is 7.25. The van der Waals surface area contributed by atoms with Gasteiger partial charge in [0.05, 0.1) is 0 Å². The SMILES string of the molecule is O=C(O)C(n1cncn1)C(O)(c1ccccc1)c1ccc(Cl)cc1Cl. The van der Waals surface area contributed by atoms with Crippen LogP contribution in [0, 0.1) is 0 Å². The topological polar surface area (TPSA) is 88.2 Å². The van der Waals surface area contributed by atoms with Crippen molar-refractivity contribution in [1.29, 1.82) is 0 Å². The number of rotatable bonds is 5. The van der Waals surface area contributed by atoms with Crippen molar-refractivity contribution in [2.24, 2.45) is 0 Å². The van der Waals surface area contributed by atoms with E-state index in [-0.39, 0.29) is 10.6 Å². The Hall–Kier alpha value is -2.41. The highest BCUT2D eigenvalue weighted by atomic mass is 35.5. The summed E-state index contributed by atoms with van der Waals surface area (Å²) in [6.07, 6.45) is 2.43. The minimum absolute atomic E-state index is 0.144. The molecular formula is C17H13Cl2N3O3. The van der Waals surface area contributed by atoms with Gasteiger partial charge in [-0.05, 0) is 17.7 Å². The molecule has 0 aliphatic carbocycles. The summed E-state index contributed by atoms with van der Waals surface area (Å²) in [6, 6.07) is 11.4. The molecule has 0 saturated heterocycles. The van der Waals surface area contributed by atoms with Crippen LogP contribution in [0.1, 0.15) is 17.2 Å². The van der Waals surface area contributed by atoms with Crippen LogP contribution in [-0.2, 0) is 10.4 Å². The average Bonchev–Trinajstić information content (AvgIpc) is 3.09. The van der Waals surface area contributed by atoms with Crippen molar-refractivity contribution in [1.82, 2.24) is 14.8 Å². The highest BCUT2D eigenvalue weighted by Gasteiger charge is 2.47. The summed E-state index contributed by atoms with van der Waals surface area (Å²) in [5.74, 6) is -1.29. The van der Waals surface area contributed by atoms with E-state index >= 15 is 0 Å². The fourth-order valence-electron chi connectivity index (χ4n) is 2.79. The molecule has 2 N–H and O–H groups in total. The molecule has 3 aromatic rings. The summed E-state index contributed by atoms with van der Waals surface area (Å²) in [4.78, 5) is 15.8. The molecule has 2 atom stereocenters. The van der Waals surface area contributed by atoms with Gasteiger partial charge in [0.2, 0.25) is 0 Å². The molecule has 3 rings (SSSR count). The lowest BCUT2D eigenvalue weighted by Crippen LogP contribution is -2.43. The van der Waals surface area contributed by atoms with Gasteiger partial charge in [-0.1, -0.05) is 59.6 Å². The summed E-state index contributed by atoms with van der Waals surface area (Å²) in [5, 5.41) is 25.9. The number of carboxylic acid groups (broad SMARTS) is 1. The summed E-state index contributed by atoms with van der Waals surface area (Å²) >= 11 is 12.2. The van der Waals surface area contributed by atoms with Crippen LogP contribution in [0.5, 0.6) is 0 Å². The number of nitrogens with zero attached hydrogens (tertiary/aromatic N) is 3. The molecule has 0 bridgehead atoms. The van der Waals surface area contributed by atoms with Crippen molar-refractivity contribution in [2.75, 3.05) is 0 Å². The van der Waals surface area contributed by atoms with Gasteiger partial charge in [0, 0.05) is 15.6 Å². The van der Waals surface area contributed by atoms with Crippen molar-refractivity contribution in [3.63, 3.8) is 0 Å². The molecule has 0 aliphatic rings. The Morgan fingerprint density at radius 2 is 1.88 bits per heavy atom. The van der Waals surface area contributed by atoms with Crippen molar-refractivity contribution < 1.29 is 15.0 Å². The lowest BCUT2D eigenvalue weighted by molar-refractivity contribution is -0.149. The molecule has 2 unspecified atom stereocenters. The maximum Gasteiger partial charge on any atom is 0.332 e. The fraction of sp³-hybridized carbons (Fsp3) is 0.118. The van der Waals surface area contributed by atoms with E-state index in [1.165, 1.54) is 30.9 Å². The maximum atomic E-state index is 12.1. The van der Waals surface area contributed by atoms with Crippen molar-refractivity contribution in [3.05, 3.63) is 82.4 Å². The van der Waals surface area contributed by atoms with Gasteiger partial charge in [-0.3, -0.25) is 0 Å². The van der Waals surface area contributed by atoms with Crippen LogP contribution in [0.4, 0.5) is 0 Å².